The third kappa shape index (κ3) is 2.50. The topological polar surface area (TPSA) is 50.2 Å². The Bertz CT molecular complexity index is 563. The minimum absolute atomic E-state index is 0.121. The Morgan fingerprint density at radius 2 is 2.11 bits per heavy atom. The van der Waals surface area contributed by atoms with Crippen LogP contribution in [0.1, 0.15) is 43.0 Å². The summed E-state index contributed by atoms with van der Waals surface area (Å²) in [4.78, 5) is 16.3. The van der Waals surface area contributed by atoms with Gasteiger partial charge in [-0.05, 0) is 24.6 Å². The molecule has 18 heavy (non-hydrogen) atoms. The van der Waals surface area contributed by atoms with E-state index in [2.05, 4.69) is 11.9 Å². The third-order valence-electron chi connectivity index (χ3n) is 3.06. The Labute approximate surface area is 106 Å². The van der Waals surface area contributed by atoms with Gasteiger partial charge in [-0.25, -0.2) is 0 Å². The number of aromatic nitrogens is 1. The zero-order chi connectivity index (χ0) is 13.0. The summed E-state index contributed by atoms with van der Waals surface area (Å²) >= 11 is 0. The van der Waals surface area contributed by atoms with Crippen molar-refractivity contribution in [3.63, 3.8) is 0 Å². The van der Waals surface area contributed by atoms with E-state index >= 15 is 0 Å². The number of hydrogen-bond donors (Lipinski definition) is 1. The van der Waals surface area contributed by atoms with E-state index in [1.165, 1.54) is 0 Å². The molecule has 3 heteroatoms. The van der Waals surface area contributed by atoms with Crippen LogP contribution in [0.2, 0.25) is 0 Å². The Morgan fingerprint density at radius 1 is 1.28 bits per heavy atom. The number of carbonyl (C=O) groups is 1. The Hall–Kier alpha value is -1.90. The molecule has 2 aromatic rings. The Kier molecular flexibility index (Phi) is 3.92. The highest BCUT2D eigenvalue weighted by Gasteiger charge is 2.12. The molecule has 0 spiro atoms. The molecule has 0 fully saturated rings. The molecular formula is C15H17NO2. The number of pyridine rings is 1. The summed E-state index contributed by atoms with van der Waals surface area (Å²) in [5.74, 6) is 0.247. The number of aromatic hydroxyl groups is 1. The van der Waals surface area contributed by atoms with Crippen LogP contribution in [0.15, 0.2) is 30.5 Å². The fourth-order valence-corrected chi connectivity index (χ4v) is 2.07. The van der Waals surface area contributed by atoms with Crippen molar-refractivity contribution in [2.24, 2.45) is 0 Å². The van der Waals surface area contributed by atoms with Crippen LogP contribution in [0.3, 0.4) is 0 Å². The van der Waals surface area contributed by atoms with Crippen LogP contribution in [-0.2, 0) is 0 Å². The Morgan fingerprint density at radius 3 is 2.89 bits per heavy atom. The molecule has 0 radical (unpaired) electrons. The van der Waals surface area contributed by atoms with E-state index < -0.39 is 0 Å². The molecule has 1 aromatic heterocycles. The van der Waals surface area contributed by atoms with Crippen LogP contribution in [0, 0.1) is 0 Å². The normalized spacial score (nSPS) is 10.7. The lowest BCUT2D eigenvalue weighted by molar-refractivity contribution is 0.0981. The molecule has 0 atom stereocenters. The summed E-state index contributed by atoms with van der Waals surface area (Å²) in [7, 11) is 0. The Balaban J connectivity index is 2.33. The molecule has 0 saturated heterocycles. The highest BCUT2D eigenvalue weighted by Crippen LogP contribution is 2.26. The van der Waals surface area contributed by atoms with E-state index in [-0.39, 0.29) is 11.5 Å². The van der Waals surface area contributed by atoms with Gasteiger partial charge >= 0.3 is 0 Å². The summed E-state index contributed by atoms with van der Waals surface area (Å²) in [6, 6.07) is 6.84. The molecule has 0 saturated carbocycles. The monoisotopic (exact) mass is 243 g/mol. The van der Waals surface area contributed by atoms with Crippen molar-refractivity contribution in [2.45, 2.75) is 32.6 Å². The first-order chi connectivity index (χ1) is 8.74. The number of hydrogen-bond acceptors (Lipinski definition) is 3. The second kappa shape index (κ2) is 5.63. The highest BCUT2D eigenvalue weighted by atomic mass is 16.3. The van der Waals surface area contributed by atoms with Gasteiger partial charge in [0.1, 0.15) is 11.3 Å². The molecule has 0 aliphatic rings. The number of nitrogens with zero attached hydrogens (tertiary/aromatic N) is 1. The molecule has 94 valence electrons. The quantitative estimate of drug-likeness (QED) is 0.643. The lowest BCUT2D eigenvalue weighted by atomic mass is 10.00. The van der Waals surface area contributed by atoms with Gasteiger partial charge in [-0.1, -0.05) is 25.8 Å². The van der Waals surface area contributed by atoms with Crippen molar-refractivity contribution in [3.8, 4) is 5.75 Å². The van der Waals surface area contributed by atoms with E-state index in [0.29, 0.717) is 17.5 Å². The van der Waals surface area contributed by atoms with Gasteiger partial charge in [0.25, 0.3) is 0 Å². The van der Waals surface area contributed by atoms with Crippen molar-refractivity contribution in [3.05, 3.63) is 36.0 Å². The fourth-order valence-electron chi connectivity index (χ4n) is 2.07. The number of rotatable bonds is 5. The molecule has 1 heterocycles. The van der Waals surface area contributed by atoms with Gasteiger partial charge in [-0.3, -0.25) is 9.78 Å². The van der Waals surface area contributed by atoms with Crippen molar-refractivity contribution < 1.29 is 9.90 Å². The summed E-state index contributed by atoms with van der Waals surface area (Å²) in [6.07, 6.45) is 5.26. The average molecular weight is 243 g/mol. The van der Waals surface area contributed by atoms with Crippen molar-refractivity contribution in [1.29, 1.82) is 0 Å². The van der Waals surface area contributed by atoms with Gasteiger partial charge in [-0.15, -0.1) is 0 Å². The first kappa shape index (κ1) is 12.6. The average Bonchev–Trinajstić information content (AvgIpc) is 2.39. The largest absolute Gasteiger partial charge is 0.506 e. The van der Waals surface area contributed by atoms with Crippen LogP contribution in [0.25, 0.3) is 10.9 Å². The van der Waals surface area contributed by atoms with Gasteiger partial charge < -0.3 is 5.11 Å². The molecule has 0 bridgehead atoms. The van der Waals surface area contributed by atoms with Gasteiger partial charge in [0.15, 0.2) is 5.78 Å². The summed E-state index contributed by atoms with van der Waals surface area (Å²) in [5, 5.41) is 10.5. The van der Waals surface area contributed by atoms with E-state index in [9.17, 15) is 9.90 Å². The number of carbonyl (C=O) groups excluding carboxylic acids is 1. The smallest absolute Gasteiger partial charge is 0.163 e. The van der Waals surface area contributed by atoms with Crippen LogP contribution in [0.4, 0.5) is 0 Å². The van der Waals surface area contributed by atoms with E-state index in [1.807, 2.05) is 6.07 Å². The van der Waals surface area contributed by atoms with E-state index in [1.54, 1.807) is 24.4 Å². The lowest BCUT2D eigenvalue weighted by Gasteiger charge is -2.06. The first-order valence-electron chi connectivity index (χ1n) is 6.34. The molecule has 3 nitrogen and oxygen atoms in total. The minimum atomic E-state index is 0.121. The van der Waals surface area contributed by atoms with Crippen LogP contribution >= 0.6 is 0 Å². The number of ketones is 1. The SMILES string of the molecule is CCCCCC(=O)c1ccc(O)c2ncccc12. The van der Waals surface area contributed by atoms with Crippen molar-refractivity contribution >= 4 is 16.7 Å². The summed E-state index contributed by atoms with van der Waals surface area (Å²) in [5.41, 5.74) is 1.16. The highest BCUT2D eigenvalue weighted by molar-refractivity contribution is 6.08. The van der Waals surface area contributed by atoms with E-state index in [0.717, 1.165) is 24.6 Å². The molecule has 2 rings (SSSR count). The van der Waals surface area contributed by atoms with Gasteiger partial charge in [0, 0.05) is 23.6 Å². The molecule has 1 N–H and O–H groups in total. The zero-order valence-corrected chi connectivity index (χ0v) is 10.5. The molecule has 0 amide bonds. The fraction of sp³-hybridized carbons (Fsp3) is 0.333. The summed E-state index contributed by atoms with van der Waals surface area (Å²) in [6.45, 7) is 2.12. The molecule has 1 aromatic carbocycles. The standard InChI is InChI=1S/C15H17NO2/c1-2-3-4-7-13(17)11-8-9-14(18)15-12(11)6-5-10-16-15/h5-6,8-10,18H,2-4,7H2,1H3. The van der Waals surface area contributed by atoms with Crippen molar-refractivity contribution in [1.82, 2.24) is 4.98 Å². The number of fused-ring (bicyclic) bond motifs is 1. The van der Waals surface area contributed by atoms with Gasteiger partial charge in [-0.2, -0.15) is 0 Å². The number of phenols is 1. The molecular weight excluding hydrogens is 226 g/mol. The number of phenolic OH excluding ortho intramolecular Hbond substituents is 1. The van der Waals surface area contributed by atoms with Crippen LogP contribution in [0.5, 0.6) is 5.75 Å². The second-order valence-electron chi connectivity index (χ2n) is 4.41. The number of Topliss-reactive ketones (excluding diaryl/α,β-unsaturated/α-hetero) is 1. The lowest BCUT2D eigenvalue weighted by Crippen LogP contribution is -2.00. The summed E-state index contributed by atoms with van der Waals surface area (Å²) < 4.78 is 0. The van der Waals surface area contributed by atoms with Crippen molar-refractivity contribution in [2.75, 3.05) is 0 Å². The van der Waals surface area contributed by atoms with Gasteiger partial charge in [0.05, 0.1) is 0 Å². The van der Waals surface area contributed by atoms with E-state index in [4.69, 9.17) is 0 Å². The first-order valence-corrected chi connectivity index (χ1v) is 6.34. The van der Waals surface area contributed by atoms with Crippen LogP contribution in [-0.4, -0.2) is 15.9 Å². The predicted octanol–water partition coefficient (Wildman–Crippen LogP) is 3.70. The zero-order valence-electron chi connectivity index (χ0n) is 10.5. The van der Waals surface area contributed by atoms with Gasteiger partial charge in [0.2, 0.25) is 0 Å². The minimum Gasteiger partial charge on any atom is -0.506 e. The van der Waals surface area contributed by atoms with Crippen LogP contribution < -0.4 is 0 Å². The maximum absolute atomic E-state index is 12.1. The molecule has 0 unspecified atom stereocenters. The third-order valence-corrected chi connectivity index (χ3v) is 3.06. The predicted molar refractivity (Wildman–Crippen MR) is 71.9 cm³/mol. The number of benzene rings is 1. The maximum atomic E-state index is 12.1. The molecule has 0 aliphatic carbocycles. The maximum Gasteiger partial charge on any atom is 0.163 e. The number of unbranched alkanes of at least 4 members (excludes halogenated alkanes) is 2. The molecule has 0 aliphatic heterocycles. The second-order valence-corrected chi connectivity index (χ2v) is 4.41.